The summed E-state index contributed by atoms with van der Waals surface area (Å²) in [5, 5.41) is 6.90. The van der Waals surface area contributed by atoms with Gasteiger partial charge in [-0.15, -0.1) is 0 Å². The minimum Gasteiger partial charge on any atom is -0.314 e. The molecule has 1 aromatic rings. The van der Waals surface area contributed by atoms with Gasteiger partial charge in [0.15, 0.2) is 0 Å². The first-order chi connectivity index (χ1) is 8.83. The summed E-state index contributed by atoms with van der Waals surface area (Å²) < 4.78 is 0. The fourth-order valence-corrected chi connectivity index (χ4v) is 2.26. The van der Waals surface area contributed by atoms with E-state index in [1.807, 2.05) is 0 Å². The molecule has 0 aliphatic carbocycles. The van der Waals surface area contributed by atoms with Crippen molar-refractivity contribution in [1.82, 2.24) is 15.5 Å². The van der Waals surface area contributed by atoms with Gasteiger partial charge in [0.25, 0.3) is 0 Å². The predicted octanol–water partition coefficient (Wildman–Crippen LogP) is 1.59. The van der Waals surface area contributed by atoms with Crippen molar-refractivity contribution in [3.05, 3.63) is 35.4 Å². The van der Waals surface area contributed by atoms with Crippen LogP contribution in [0.3, 0.4) is 0 Å². The molecule has 3 nitrogen and oxygen atoms in total. The molecule has 2 rings (SSSR count). The predicted molar refractivity (Wildman–Crippen MR) is 76.6 cm³/mol. The van der Waals surface area contributed by atoms with Crippen molar-refractivity contribution in [2.24, 2.45) is 0 Å². The zero-order valence-electron chi connectivity index (χ0n) is 11.6. The smallest absolute Gasteiger partial charge is 0.0320 e. The lowest BCUT2D eigenvalue weighted by Gasteiger charge is -2.29. The molecule has 0 spiro atoms. The van der Waals surface area contributed by atoms with Gasteiger partial charge >= 0.3 is 0 Å². The van der Waals surface area contributed by atoms with Crippen LogP contribution in [0.5, 0.6) is 0 Å². The summed E-state index contributed by atoms with van der Waals surface area (Å²) in [5.74, 6) is 0. The molecule has 1 aromatic carbocycles. The van der Waals surface area contributed by atoms with Crippen LogP contribution in [0.2, 0.25) is 0 Å². The third-order valence-corrected chi connectivity index (χ3v) is 3.77. The first kappa shape index (κ1) is 13.5. The Bertz CT molecular complexity index is 357. The minimum atomic E-state index is 0.659. The van der Waals surface area contributed by atoms with Crippen LogP contribution in [0.4, 0.5) is 0 Å². The van der Waals surface area contributed by atoms with E-state index in [0.717, 1.165) is 39.3 Å². The van der Waals surface area contributed by atoms with Gasteiger partial charge < -0.3 is 10.6 Å². The molecule has 1 fully saturated rings. The van der Waals surface area contributed by atoms with Gasteiger partial charge in [0.05, 0.1) is 0 Å². The Labute approximate surface area is 111 Å². The zero-order chi connectivity index (χ0) is 12.8. The van der Waals surface area contributed by atoms with Gasteiger partial charge in [-0.25, -0.2) is 0 Å². The molecule has 0 unspecified atom stereocenters. The highest BCUT2D eigenvalue weighted by Gasteiger charge is 2.16. The Balaban J connectivity index is 1.95. The molecule has 0 atom stereocenters. The average molecular weight is 247 g/mol. The van der Waals surface area contributed by atoms with E-state index in [-0.39, 0.29) is 0 Å². The van der Waals surface area contributed by atoms with Crippen molar-refractivity contribution < 1.29 is 0 Å². The SMILES string of the molecule is CCN(CC)Cc1ccccc1CNC1CNC1. The maximum atomic E-state index is 3.60. The van der Waals surface area contributed by atoms with Crippen LogP contribution < -0.4 is 10.6 Å². The molecule has 0 aromatic heterocycles. The Kier molecular flexibility index (Phi) is 5.17. The number of benzene rings is 1. The molecule has 1 heterocycles. The summed E-state index contributed by atoms with van der Waals surface area (Å²) >= 11 is 0. The lowest BCUT2D eigenvalue weighted by Crippen LogP contribution is -2.55. The van der Waals surface area contributed by atoms with Crippen LogP contribution in [0, 0.1) is 0 Å². The van der Waals surface area contributed by atoms with Crippen molar-refractivity contribution in [1.29, 1.82) is 0 Å². The van der Waals surface area contributed by atoms with E-state index in [2.05, 4.69) is 53.6 Å². The summed E-state index contributed by atoms with van der Waals surface area (Å²) in [4.78, 5) is 2.46. The van der Waals surface area contributed by atoms with Gasteiger partial charge in [-0.3, -0.25) is 4.90 Å². The van der Waals surface area contributed by atoms with Crippen molar-refractivity contribution in [3.8, 4) is 0 Å². The van der Waals surface area contributed by atoms with Gasteiger partial charge in [0, 0.05) is 32.2 Å². The van der Waals surface area contributed by atoms with Crippen molar-refractivity contribution in [2.45, 2.75) is 33.0 Å². The molecule has 0 amide bonds. The third-order valence-electron chi connectivity index (χ3n) is 3.77. The van der Waals surface area contributed by atoms with Crippen LogP contribution in [-0.2, 0) is 13.1 Å². The van der Waals surface area contributed by atoms with E-state index in [4.69, 9.17) is 0 Å². The number of hydrogen-bond donors (Lipinski definition) is 2. The molecule has 2 N–H and O–H groups in total. The van der Waals surface area contributed by atoms with Crippen LogP contribution in [-0.4, -0.2) is 37.1 Å². The monoisotopic (exact) mass is 247 g/mol. The average Bonchev–Trinajstić information content (AvgIpc) is 2.35. The minimum absolute atomic E-state index is 0.659. The molecule has 18 heavy (non-hydrogen) atoms. The summed E-state index contributed by atoms with van der Waals surface area (Å²) in [6, 6.07) is 9.45. The van der Waals surface area contributed by atoms with E-state index < -0.39 is 0 Å². The van der Waals surface area contributed by atoms with Gasteiger partial charge in [-0.2, -0.15) is 0 Å². The first-order valence-electron chi connectivity index (χ1n) is 7.06. The summed E-state index contributed by atoms with van der Waals surface area (Å²) in [6.45, 7) is 11.0. The van der Waals surface area contributed by atoms with Gasteiger partial charge in [0.1, 0.15) is 0 Å². The Morgan fingerprint density at radius 2 is 1.83 bits per heavy atom. The molecule has 1 aliphatic heterocycles. The molecular formula is C15H25N3. The molecule has 3 heteroatoms. The zero-order valence-corrected chi connectivity index (χ0v) is 11.6. The molecule has 0 saturated carbocycles. The van der Waals surface area contributed by atoms with Crippen molar-refractivity contribution in [3.63, 3.8) is 0 Å². The second-order valence-electron chi connectivity index (χ2n) is 4.97. The molecule has 1 aliphatic rings. The van der Waals surface area contributed by atoms with Gasteiger partial charge in [-0.05, 0) is 24.2 Å². The van der Waals surface area contributed by atoms with E-state index in [0.29, 0.717) is 6.04 Å². The second kappa shape index (κ2) is 6.88. The Morgan fingerprint density at radius 3 is 2.39 bits per heavy atom. The molecule has 0 bridgehead atoms. The number of hydrogen-bond acceptors (Lipinski definition) is 3. The highest BCUT2D eigenvalue weighted by Crippen LogP contribution is 2.12. The summed E-state index contributed by atoms with van der Waals surface area (Å²) in [6.07, 6.45) is 0. The fourth-order valence-electron chi connectivity index (χ4n) is 2.26. The third kappa shape index (κ3) is 3.55. The number of rotatable bonds is 7. The topological polar surface area (TPSA) is 27.3 Å². The van der Waals surface area contributed by atoms with E-state index in [1.165, 1.54) is 11.1 Å². The van der Waals surface area contributed by atoms with Crippen molar-refractivity contribution >= 4 is 0 Å². The number of nitrogens with one attached hydrogen (secondary N) is 2. The van der Waals surface area contributed by atoms with Crippen LogP contribution >= 0.6 is 0 Å². The highest BCUT2D eigenvalue weighted by molar-refractivity contribution is 5.27. The maximum absolute atomic E-state index is 3.60. The molecule has 1 saturated heterocycles. The Morgan fingerprint density at radius 1 is 1.17 bits per heavy atom. The molecule has 0 radical (unpaired) electrons. The van der Waals surface area contributed by atoms with E-state index in [1.54, 1.807) is 0 Å². The molecule has 100 valence electrons. The van der Waals surface area contributed by atoms with Gasteiger partial charge in [0.2, 0.25) is 0 Å². The molecular weight excluding hydrogens is 222 g/mol. The van der Waals surface area contributed by atoms with E-state index >= 15 is 0 Å². The van der Waals surface area contributed by atoms with E-state index in [9.17, 15) is 0 Å². The van der Waals surface area contributed by atoms with Crippen LogP contribution in [0.1, 0.15) is 25.0 Å². The summed E-state index contributed by atoms with van der Waals surface area (Å²) in [7, 11) is 0. The lowest BCUT2D eigenvalue weighted by atomic mass is 10.1. The van der Waals surface area contributed by atoms with Crippen LogP contribution in [0.15, 0.2) is 24.3 Å². The van der Waals surface area contributed by atoms with Crippen LogP contribution in [0.25, 0.3) is 0 Å². The largest absolute Gasteiger partial charge is 0.314 e. The standard InChI is InChI=1S/C15H25N3/c1-3-18(4-2)12-14-8-6-5-7-13(14)9-17-15-10-16-11-15/h5-8,15-17H,3-4,9-12H2,1-2H3. The lowest BCUT2D eigenvalue weighted by molar-refractivity contribution is 0.294. The fraction of sp³-hybridized carbons (Fsp3) is 0.600. The number of nitrogens with zero attached hydrogens (tertiary/aromatic N) is 1. The highest BCUT2D eigenvalue weighted by atomic mass is 15.1. The Hall–Kier alpha value is -0.900. The quantitative estimate of drug-likeness (QED) is 0.766. The summed E-state index contributed by atoms with van der Waals surface area (Å²) in [5.41, 5.74) is 2.90. The first-order valence-corrected chi connectivity index (χ1v) is 7.06. The van der Waals surface area contributed by atoms with Crippen molar-refractivity contribution in [2.75, 3.05) is 26.2 Å². The maximum Gasteiger partial charge on any atom is 0.0320 e. The second-order valence-corrected chi connectivity index (χ2v) is 4.97. The van der Waals surface area contributed by atoms with Gasteiger partial charge in [-0.1, -0.05) is 38.1 Å². The normalized spacial score (nSPS) is 15.9.